The molecule has 4 fully saturated rings. The number of nitrogens with two attached hydrogens (primary N) is 1. The molecule has 4 heterocycles. The normalized spacial score (nSPS) is 39.6. The molecule has 0 saturated carbocycles. The second-order valence-corrected chi connectivity index (χ2v) is 15.7. The van der Waals surface area contributed by atoms with Gasteiger partial charge in [0.05, 0.1) is 25.4 Å². The Morgan fingerprint density at radius 3 is 1.57 bits per heavy atom. The molecule has 65 heavy (non-hydrogen) atoms. The fourth-order valence-corrected chi connectivity index (χ4v) is 7.71. The highest BCUT2D eigenvalue weighted by atomic mass is 16.8. The van der Waals surface area contributed by atoms with E-state index in [9.17, 15) is 74.7 Å². The van der Waals surface area contributed by atoms with Crippen molar-refractivity contribution >= 4 is 35.5 Å². The van der Waals surface area contributed by atoms with Crippen molar-refractivity contribution in [3.63, 3.8) is 0 Å². The summed E-state index contributed by atoms with van der Waals surface area (Å²) in [6.07, 6.45) is -33.1. The molecule has 0 bridgehead atoms. The number of aliphatic hydroxyl groups is 8. The lowest BCUT2D eigenvalue weighted by Gasteiger charge is -2.50. The molecule has 20 atom stereocenters. The molecule has 29 heteroatoms. The first-order valence-electron chi connectivity index (χ1n) is 20.5. The van der Waals surface area contributed by atoms with Crippen molar-refractivity contribution in [2.75, 3.05) is 20.3 Å². The first kappa shape index (κ1) is 53.8. The summed E-state index contributed by atoms with van der Waals surface area (Å²) in [7, 11) is 1.06. The lowest BCUT2D eigenvalue weighted by atomic mass is 9.92. The van der Waals surface area contributed by atoms with Crippen molar-refractivity contribution in [1.29, 1.82) is 0 Å². The molecule has 0 aliphatic carbocycles. The Labute approximate surface area is 370 Å². The minimum absolute atomic E-state index is 0.0401. The predicted molar refractivity (Wildman–Crippen MR) is 206 cm³/mol. The molecule has 4 aliphatic heterocycles. The molecule has 4 saturated heterocycles. The second kappa shape index (κ2) is 24.2. The van der Waals surface area contributed by atoms with Crippen LogP contribution >= 0.6 is 0 Å². The molecule has 29 nitrogen and oxygen atoms in total. The molecule has 16 N–H and O–H groups in total. The SMILES string of the molecule is CO[C@@H]1C(C(=O)NNC(=O)CCCCC(=O)NN)OC(O[C@H]2[C@H](O)C(CO)OC(O[C@@H]3C(C(=O)O)OC(O[C@H]4[C@H](O)C(CO)OC(C)[C@H]4NC(C)=O)[C@@H](O)[C@H]3O)[C@H]2NC(C)=O)[C@@H](O)[C@H]1O. The maximum Gasteiger partial charge on any atom is 0.335 e. The van der Waals surface area contributed by atoms with Crippen molar-refractivity contribution in [2.45, 2.75) is 169 Å². The third-order valence-electron chi connectivity index (χ3n) is 11.0. The minimum atomic E-state index is -2.26. The van der Waals surface area contributed by atoms with Gasteiger partial charge in [0.2, 0.25) is 23.6 Å². The summed E-state index contributed by atoms with van der Waals surface area (Å²) < 4.78 is 45.2. The first-order chi connectivity index (χ1) is 30.7. The van der Waals surface area contributed by atoms with Gasteiger partial charge in [-0.25, -0.2) is 10.6 Å². The molecule has 4 rings (SSSR count). The number of ether oxygens (including phenoxy) is 8. The van der Waals surface area contributed by atoms with Crippen molar-refractivity contribution in [1.82, 2.24) is 26.9 Å². The van der Waals surface area contributed by atoms with E-state index in [1.165, 1.54) is 6.92 Å². The number of unbranched alkanes of at least 4 members (excludes halogenated alkanes) is 1. The fraction of sp³-hybridized carbons (Fsp3) is 0.833. The number of carboxylic acid groups (broad SMARTS) is 1. The number of methoxy groups -OCH3 is 1. The van der Waals surface area contributed by atoms with Gasteiger partial charge in [-0.3, -0.25) is 40.3 Å². The molecule has 0 aromatic heterocycles. The average molecular weight is 945 g/mol. The van der Waals surface area contributed by atoms with Gasteiger partial charge in [0.25, 0.3) is 5.91 Å². The van der Waals surface area contributed by atoms with Crippen LogP contribution in [0.1, 0.15) is 46.5 Å². The molecule has 0 aromatic carbocycles. The lowest BCUT2D eigenvalue weighted by molar-refractivity contribution is -0.366. The Morgan fingerprint density at radius 1 is 0.585 bits per heavy atom. The van der Waals surface area contributed by atoms with Crippen LogP contribution in [0.2, 0.25) is 0 Å². The van der Waals surface area contributed by atoms with Gasteiger partial charge in [-0.1, -0.05) is 0 Å². The minimum Gasteiger partial charge on any atom is -0.479 e. The molecular weight excluding hydrogens is 884 g/mol. The summed E-state index contributed by atoms with van der Waals surface area (Å²) in [6, 6.07) is -2.94. The van der Waals surface area contributed by atoms with Gasteiger partial charge in [0.1, 0.15) is 79.3 Å². The van der Waals surface area contributed by atoms with Crippen molar-refractivity contribution in [3.8, 4) is 0 Å². The molecule has 0 aromatic rings. The van der Waals surface area contributed by atoms with Crippen molar-refractivity contribution in [2.24, 2.45) is 5.84 Å². The van der Waals surface area contributed by atoms with Crippen LogP contribution in [0.3, 0.4) is 0 Å². The summed E-state index contributed by atoms with van der Waals surface area (Å²) >= 11 is 0. The highest BCUT2D eigenvalue weighted by Gasteiger charge is 2.57. The van der Waals surface area contributed by atoms with Gasteiger partial charge < -0.3 is 94.5 Å². The van der Waals surface area contributed by atoms with Gasteiger partial charge >= 0.3 is 5.97 Å². The maximum absolute atomic E-state index is 13.3. The van der Waals surface area contributed by atoms with Gasteiger partial charge in [-0.15, -0.1) is 0 Å². The van der Waals surface area contributed by atoms with Crippen molar-refractivity contribution in [3.05, 3.63) is 0 Å². The van der Waals surface area contributed by atoms with Crippen LogP contribution in [0.4, 0.5) is 0 Å². The Morgan fingerprint density at radius 2 is 1.06 bits per heavy atom. The summed E-state index contributed by atoms with van der Waals surface area (Å²) in [5.74, 6) is -0.526. The third kappa shape index (κ3) is 13.2. The molecule has 5 amide bonds. The standard InChI is InChI=1S/C36H60N6O23/c1-11-18(38-12(2)45)26(20(49)14(9-43)59-11)61-36-25(54)23(52)29(31(65-36)33(56)57)63-34-19(39-13(3)46)27(21(50)15(10-44)60-34)62-35-24(53)22(51)28(58-4)30(64-35)32(55)42-41-17(48)8-6-5-7-16(47)40-37/h11,14-15,18-31,34-36,43-44,49-54H,5-10,37H2,1-4H3,(H,38,45)(H,39,46)(H,40,47)(H,41,48)(H,42,55)(H,56,57)/t11?,14?,15?,18-,19+,20-,21-,22-,23-,24+,25+,26-,27-,28+,29+,30?,31?,34?,35?,36?/m1/s1. The summed E-state index contributed by atoms with van der Waals surface area (Å²) in [6.45, 7) is 1.89. The lowest BCUT2D eigenvalue weighted by Crippen LogP contribution is -2.71. The van der Waals surface area contributed by atoms with Gasteiger partial charge in [0, 0.05) is 33.8 Å². The van der Waals surface area contributed by atoms with E-state index in [4.69, 9.17) is 43.7 Å². The zero-order valence-corrected chi connectivity index (χ0v) is 35.6. The average Bonchev–Trinajstić information content (AvgIpc) is 3.26. The Balaban J connectivity index is 1.56. The Hall–Kier alpha value is -3.86. The molecule has 4 aliphatic rings. The monoisotopic (exact) mass is 944 g/mol. The number of hydrogen-bond donors (Lipinski definition) is 15. The summed E-state index contributed by atoms with van der Waals surface area (Å²) in [4.78, 5) is 74.2. The van der Waals surface area contributed by atoms with Gasteiger partial charge in [-0.2, -0.15) is 0 Å². The van der Waals surface area contributed by atoms with E-state index in [1.807, 2.05) is 5.43 Å². The van der Waals surface area contributed by atoms with Gasteiger partial charge in [-0.05, 0) is 19.8 Å². The fourth-order valence-electron chi connectivity index (χ4n) is 7.71. The molecule has 0 spiro atoms. The number of carbonyl (C=O) groups excluding carboxylic acids is 5. The smallest absolute Gasteiger partial charge is 0.335 e. The molecule has 372 valence electrons. The number of aliphatic hydroxyl groups excluding tert-OH is 8. The van der Waals surface area contributed by atoms with E-state index < -0.39 is 171 Å². The first-order valence-corrected chi connectivity index (χ1v) is 20.5. The number of carbonyl (C=O) groups is 6. The summed E-state index contributed by atoms with van der Waals surface area (Å²) in [5.41, 5.74) is 6.16. The number of aliphatic carboxylic acids is 1. The second-order valence-electron chi connectivity index (χ2n) is 15.7. The largest absolute Gasteiger partial charge is 0.479 e. The van der Waals surface area contributed by atoms with Gasteiger partial charge in [0.15, 0.2) is 31.1 Å². The van der Waals surface area contributed by atoms with E-state index in [1.54, 1.807) is 0 Å². The number of rotatable bonds is 18. The number of carboxylic acids is 1. The molecular formula is C36H60N6O23. The number of hydrazine groups is 2. The maximum atomic E-state index is 13.3. The third-order valence-corrected chi connectivity index (χ3v) is 11.0. The quantitative estimate of drug-likeness (QED) is 0.0263. The highest BCUT2D eigenvalue weighted by Crippen LogP contribution is 2.35. The zero-order chi connectivity index (χ0) is 48.4. The van der Waals surface area contributed by atoms with Crippen LogP contribution < -0.4 is 32.8 Å². The Kier molecular flexibility index (Phi) is 20.1. The molecule has 0 radical (unpaired) electrons. The van der Waals surface area contributed by atoms with Crippen LogP contribution in [0.5, 0.6) is 0 Å². The van der Waals surface area contributed by atoms with E-state index in [0.717, 1.165) is 21.0 Å². The van der Waals surface area contributed by atoms with Crippen LogP contribution in [0.15, 0.2) is 0 Å². The van der Waals surface area contributed by atoms with Crippen LogP contribution in [-0.4, -0.2) is 224 Å². The molecule has 8 unspecified atom stereocenters. The number of amides is 5. The van der Waals surface area contributed by atoms with Crippen LogP contribution in [0.25, 0.3) is 0 Å². The van der Waals surface area contributed by atoms with E-state index in [2.05, 4.69) is 21.5 Å². The van der Waals surface area contributed by atoms with Crippen molar-refractivity contribution < 1.29 is 113 Å². The Bertz CT molecular complexity index is 1640. The van der Waals surface area contributed by atoms with Crippen LogP contribution in [0, 0.1) is 0 Å². The topological polar surface area (TPSA) is 444 Å². The highest BCUT2D eigenvalue weighted by molar-refractivity contribution is 5.85. The summed E-state index contributed by atoms with van der Waals surface area (Å²) in [5, 5.41) is 102. The van der Waals surface area contributed by atoms with E-state index in [-0.39, 0.29) is 25.7 Å². The van der Waals surface area contributed by atoms with E-state index >= 15 is 0 Å². The van der Waals surface area contributed by atoms with E-state index in [0.29, 0.717) is 0 Å². The number of nitrogens with one attached hydrogen (secondary N) is 5. The zero-order valence-electron chi connectivity index (χ0n) is 35.6. The predicted octanol–water partition coefficient (Wildman–Crippen LogP) is -8.94. The van der Waals surface area contributed by atoms with Crippen LogP contribution in [-0.2, 0) is 66.7 Å². The number of hydrogen-bond acceptors (Lipinski definition) is 23.